The maximum atomic E-state index is 15.0. The average molecular weight is 1010 g/mol. The van der Waals surface area contributed by atoms with Crippen LogP contribution in [0, 0.1) is 0 Å². The van der Waals surface area contributed by atoms with Crippen LogP contribution < -0.4 is 25.4 Å². The van der Waals surface area contributed by atoms with E-state index in [2.05, 4.69) is 28.1 Å². The maximum Gasteiger partial charge on any atom is 0.408 e. The first kappa shape index (κ1) is 49.6. The highest BCUT2D eigenvalue weighted by molar-refractivity contribution is 6.32. The Morgan fingerprint density at radius 2 is 1.14 bits per heavy atom. The number of hydrogen-bond acceptors (Lipinski definition) is 11. The predicted octanol–water partition coefficient (Wildman–Crippen LogP) is 12.2. The van der Waals surface area contributed by atoms with Gasteiger partial charge >= 0.3 is 12.1 Å². The number of halogens is 2. The lowest BCUT2D eigenvalue weighted by Gasteiger charge is -2.29. The average Bonchev–Trinajstić information content (AvgIpc) is 3.68. The van der Waals surface area contributed by atoms with Crippen molar-refractivity contribution in [3.8, 4) is 22.6 Å². The molecule has 0 radical (unpaired) electrons. The molecule has 0 fully saturated rings. The summed E-state index contributed by atoms with van der Waals surface area (Å²) in [6.07, 6.45) is -0.257. The third-order valence-corrected chi connectivity index (χ3v) is 13.2. The SMILES string of the molecule is COc1ccc2nc3cc(Cl)ccc3c(NCCCN(CCCNc3c4ccc(Cl)cc4nc4ccc(OC)cc34)C(=O)[C@H](CC(=O)OCC3c4ccccc4-c4ccccc43)NC(=O)OC(C)(C)C)c2c1. The van der Waals surface area contributed by atoms with E-state index in [4.69, 9.17) is 52.1 Å². The number of fused-ring (bicyclic) bond motifs is 7. The summed E-state index contributed by atoms with van der Waals surface area (Å²) in [7, 11) is 3.24. The number of carbonyl (C=O) groups excluding carboxylic acids is 3. The minimum Gasteiger partial charge on any atom is -0.497 e. The van der Waals surface area contributed by atoms with E-state index in [1.807, 2.05) is 109 Å². The smallest absolute Gasteiger partial charge is 0.408 e. The number of benzene rings is 6. The van der Waals surface area contributed by atoms with E-state index >= 15 is 4.79 Å². The molecular weight excluding hydrogens is 952 g/mol. The van der Waals surface area contributed by atoms with E-state index in [0.717, 1.165) is 77.2 Å². The molecule has 0 unspecified atom stereocenters. The first-order valence-electron chi connectivity index (χ1n) is 24.0. The van der Waals surface area contributed by atoms with Crippen LogP contribution in [0.2, 0.25) is 10.0 Å². The van der Waals surface area contributed by atoms with Gasteiger partial charge in [-0.25, -0.2) is 14.8 Å². The summed E-state index contributed by atoms with van der Waals surface area (Å²) in [5, 5.41) is 14.6. The van der Waals surface area contributed by atoms with Crippen molar-refractivity contribution in [2.75, 3.05) is 57.6 Å². The van der Waals surface area contributed by atoms with Crippen LogP contribution in [0.5, 0.6) is 11.5 Å². The fourth-order valence-corrected chi connectivity index (χ4v) is 9.77. The second-order valence-corrected chi connectivity index (χ2v) is 19.6. The molecule has 0 saturated carbocycles. The number of carbonyl (C=O) groups is 3. The topological polar surface area (TPSA) is 153 Å². The number of rotatable bonds is 18. The van der Waals surface area contributed by atoms with Crippen LogP contribution in [0.25, 0.3) is 54.7 Å². The van der Waals surface area contributed by atoms with Crippen LogP contribution in [-0.2, 0) is 19.1 Å². The van der Waals surface area contributed by atoms with Gasteiger partial charge < -0.3 is 39.8 Å². The molecule has 9 rings (SSSR count). The summed E-state index contributed by atoms with van der Waals surface area (Å²) in [5.41, 5.74) is 8.12. The molecule has 1 atom stereocenters. The Balaban J connectivity index is 0.974. The molecular formula is C57H56Cl2N6O7. The lowest BCUT2D eigenvalue weighted by atomic mass is 9.98. The Bertz CT molecular complexity index is 3160. The summed E-state index contributed by atoms with van der Waals surface area (Å²) < 4.78 is 22.8. The fraction of sp³-hybridized carbons (Fsp3) is 0.281. The van der Waals surface area contributed by atoms with Gasteiger partial charge in [0.25, 0.3) is 0 Å². The van der Waals surface area contributed by atoms with Gasteiger partial charge in [-0.15, -0.1) is 0 Å². The van der Waals surface area contributed by atoms with Crippen molar-refractivity contribution in [2.45, 2.75) is 57.6 Å². The maximum absolute atomic E-state index is 15.0. The van der Waals surface area contributed by atoms with Crippen LogP contribution in [0.4, 0.5) is 16.2 Å². The number of anilines is 2. The van der Waals surface area contributed by atoms with Crippen molar-refractivity contribution in [3.63, 3.8) is 0 Å². The number of methoxy groups -OCH3 is 2. The van der Waals surface area contributed by atoms with Gasteiger partial charge in [0.2, 0.25) is 5.91 Å². The molecule has 2 amide bonds. The van der Waals surface area contributed by atoms with Crippen molar-refractivity contribution < 1.29 is 33.3 Å². The van der Waals surface area contributed by atoms with Crippen molar-refractivity contribution >= 4 is 96.2 Å². The van der Waals surface area contributed by atoms with Gasteiger partial charge in [0, 0.05) is 63.7 Å². The van der Waals surface area contributed by atoms with Gasteiger partial charge in [0.05, 0.1) is 54.1 Å². The Labute approximate surface area is 428 Å². The van der Waals surface area contributed by atoms with E-state index in [0.29, 0.717) is 47.5 Å². The summed E-state index contributed by atoms with van der Waals surface area (Å²) in [5.74, 6) is 0.0934. The van der Waals surface area contributed by atoms with Gasteiger partial charge in [-0.2, -0.15) is 0 Å². The zero-order chi connectivity index (χ0) is 50.5. The Kier molecular flexibility index (Phi) is 14.9. The van der Waals surface area contributed by atoms with E-state index in [-0.39, 0.29) is 25.6 Å². The van der Waals surface area contributed by atoms with E-state index < -0.39 is 36.0 Å². The molecule has 0 bridgehead atoms. The highest BCUT2D eigenvalue weighted by atomic mass is 35.5. The molecule has 1 aliphatic rings. The van der Waals surface area contributed by atoms with Gasteiger partial charge in [0.15, 0.2) is 0 Å². The number of aromatic nitrogens is 2. The molecule has 1 aliphatic carbocycles. The standard InChI is InChI=1S/C57H56Cl2N6O7/c1-57(2,3)72-56(68)64-51(32-52(66)71-33-46-40-14-8-6-12-38(40)39-13-7-9-15-41(39)46)55(67)65(26-10-24-60-53-42-20-16-34(58)28-49(42)62-47-22-18-36(69-4)30-44(47)53)27-11-25-61-54-43-21-17-35(59)29-50(43)63-48-23-19-37(70-5)31-45(48)54/h6-9,12-23,28-31,46,51H,10-11,24-27,32-33H2,1-5H3,(H,60,62)(H,61,63)(H,64,68)/t51-/m0/s1. The number of nitrogens with zero attached hydrogens (tertiary/aromatic N) is 3. The fourth-order valence-electron chi connectivity index (χ4n) is 9.44. The van der Waals surface area contributed by atoms with Crippen molar-refractivity contribution in [2.24, 2.45) is 0 Å². The number of pyridine rings is 2. The number of hydrogen-bond donors (Lipinski definition) is 3. The van der Waals surface area contributed by atoms with Crippen molar-refractivity contribution in [3.05, 3.63) is 142 Å². The summed E-state index contributed by atoms with van der Waals surface area (Å²) >= 11 is 12.8. The molecule has 0 saturated heterocycles. The first-order chi connectivity index (χ1) is 34.8. The van der Waals surface area contributed by atoms with Gasteiger partial charge in [-0.3, -0.25) is 9.59 Å². The van der Waals surface area contributed by atoms with Gasteiger partial charge in [0.1, 0.15) is 29.7 Å². The zero-order valence-corrected chi connectivity index (χ0v) is 42.3. The van der Waals surface area contributed by atoms with Crippen LogP contribution in [0.3, 0.4) is 0 Å². The van der Waals surface area contributed by atoms with Crippen molar-refractivity contribution in [1.29, 1.82) is 0 Å². The molecule has 13 nitrogen and oxygen atoms in total. The lowest BCUT2D eigenvalue weighted by Crippen LogP contribution is -2.51. The van der Waals surface area contributed by atoms with E-state index in [1.165, 1.54) is 0 Å². The number of amides is 2. The van der Waals surface area contributed by atoms with E-state index in [1.54, 1.807) is 39.9 Å². The number of ether oxygens (including phenoxy) is 4. The number of nitrogens with one attached hydrogen (secondary N) is 3. The predicted molar refractivity (Wildman–Crippen MR) is 287 cm³/mol. The highest BCUT2D eigenvalue weighted by Crippen LogP contribution is 2.45. The Hall–Kier alpha value is -7.35. The molecule has 6 aromatic carbocycles. The third-order valence-electron chi connectivity index (χ3n) is 12.7. The molecule has 8 aromatic rings. The zero-order valence-electron chi connectivity index (χ0n) is 40.8. The molecule has 0 spiro atoms. The quantitative estimate of drug-likeness (QED) is 0.0428. The summed E-state index contributed by atoms with van der Waals surface area (Å²) in [4.78, 5) is 53.9. The third kappa shape index (κ3) is 11.1. The number of esters is 1. The lowest BCUT2D eigenvalue weighted by molar-refractivity contribution is -0.147. The minimum atomic E-state index is -1.30. The van der Waals surface area contributed by atoms with Crippen LogP contribution in [0.1, 0.15) is 57.1 Å². The summed E-state index contributed by atoms with van der Waals surface area (Å²) in [6, 6.07) is 37.5. The van der Waals surface area contributed by atoms with Crippen molar-refractivity contribution in [1.82, 2.24) is 20.2 Å². The molecule has 2 aromatic heterocycles. The van der Waals surface area contributed by atoms with Crippen LogP contribution in [-0.4, -0.2) is 91.5 Å². The molecule has 3 N–H and O–H groups in total. The molecule has 2 heterocycles. The van der Waals surface area contributed by atoms with Gasteiger partial charge in [-0.1, -0.05) is 71.7 Å². The largest absolute Gasteiger partial charge is 0.497 e. The monoisotopic (exact) mass is 1010 g/mol. The van der Waals surface area contributed by atoms with E-state index in [9.17, 15) is 9.59 Å². The summed E-state index contributed by atoms with van der Waals surface area (Å²) in [6.45, 7) is 6.72. The normalized spacial score (nSPS) is 12.6. The number of alkyl carbamates (subject to hydrolysis) is 1. The first-order valence-corrected chi connectivity index (χ1v) is 24.8. The van der Waals surface area contributed by atoms with Crippen LogP contribution in [0.15, 0.2) is 121 Å². The second-order valence-electron chi connectivity index (χ2n) is 18.8. The molecule has 370 valence electrons. The Morgan fingerprint density at radius 1 is 0.639 bits per heavy atom. The van der Waals surface area contributed by atoms with Gasteiger partial charge in [-0.05, 0) is 129 Å². The molecule has 72 heavy (non-hydrogen) atoms. The molecule has 0 aliphatic heterocycles. The Morgan fingerprint density at radius 3 is 1.62 bits per heavy atom. The second kappa shape index (κ2) is 21.6. The molecule has 15 heteroatoms. The van der Waals surface area contributed by atoms with Crippen LogP contribution >= 0.6 is 23.2 Å². The minimum absolute atomic E-state index is 0.0637. The highest BCUT2D eigenvalue weighted by Gasteiger charge is 2.33.